The van der Waals surface area contributed by atoms with E-state index in [1.807, 2.05) is 0 Å². The van der Waals surface area contributed by atoms with Crippen LogP contribution in [0.2, 0.25) is 0 Å². The van der Waals surface area contributed by atoms with Crippen LogP contribution >= 0.6 is 22.6 Å². The Morgan fingerprint density at radius 3 is 2.59 bits per heavy atom. The molecule has 0 saturated heterocycles. The van der Waals surface area contributed by atoms with E-state index in [4.69, 9.17) is 4.74 Å². The molecule has 0 aliphatic heterocycles. The molecule has 0 radical (unpaired) electrons. The Balaban J connectivity index is 2.22. The van der Waals surface area contributed by atoms with Gasteiger partial charge in [-0.3, -0.25) is 9.20 Å². The maximum absolute atomic E-state index is 12.8. The van der Waals surface area contributed by atoms with Crippen molar-refractivity contribution in [1.82, 2.24) is 9.38 Å². The zero-order valence-electron chi connectivity index (χ0n) is 13.8. The number of aromatic nitrogens is 2. The van der Waals surface area contributed by atoms with Crippen molar-refractivity contribution in [1.29, 1.82) is 0 Å². The van der Waals surface area contributed by atoms with Crippen LogP contribution in [0.4, 0.5) is 27.8 Å². The number of hydrogen-bond donors (Lipinski definition) is 1. The van der Waals surface area contributed by atoms with E-state index in [2.05, 4.69) is 16.9 Å². The van der Waals surface area contributed by atoms with Gasteiger partial charge in [0.05, 0.1) is 5.56 Å². The van der Waals surface area contributed by atoms with Crippen LogP contribution in [0, 0.1) is 3.70 Å². The minimum Gasteiger partial charge on any atom is -0.487 e. The summed E-state index contributed by atoms with van der Waals surface area (Å²) < 4.78 is 70.2. The molecule has 0 spiro atoms. The lowest BCUT2D eigenvalue weighted by molar-refractivity contribution is -0.137. The van der Waals surface area contributed by atoms with Crippen molar-refractivity contribution in [3.8, 4) is 0 Å². The first kappa shape index (κ1) is 21.1. The van der Waals surface area contributed by atoms with Crippen LogP contribution in [-0.4, -0.2) is 27.8 Å². The number of halogens is 6. The molecule has 1 amide bonds. The largest absolute Gasteiger partial charge is 0.487 e. The third kappa shape index (κ3) is 5.65. The molecular weight excluding hydrogens is 488 g/mol. The topological polar surface area (TPSA) is 55.6 Å². The summed E-state index contributed by atoms with van der Waals surface area (Å²) in [7, 11) is 0. The van der Waals surface area contributed by atoms with E-state index in [-0.39, 0.29) is 20.9 Å². The van der Waals surface area contributed by atoms with Gasteiger partial charge in [0.25, 0.3) is 11.8 Å². The number of fused-ring (bicyclic) bond motifs is 1. The number of nitrogens with one attached hydrogen (secondary N) is 1. The number of rotatable bonds is 6. The van der Waals surface area contributed by atoms with Crippen LogP contribution in [0.3, 0.4) is 0 Å². The van der Waals surface area contributed by atoms with Gasteiger partial charge in [-0.25, -0.2) is 13.8 Å². The molecule has 2 aromatic rings. The molecule has 0 aromatic carbocycles. The number of hydrogen-bond acceptors (Lipinski definition) is 3. The molecule has 0 aliphatic carbocycles. The van der Waals surface area contributed by atoms with Gasteiger partial charge in [-0.2, -0.15) is 13.2 Å². The van der Waals surface area contributed by atoms with Crippen LogP contribution in [0.15, 0.2) is 42.8 Å². The zero-order valence-corrected chi connectivity index (χ0v) is 15.9. The Kier molecular flexibility index (Phi) is 6.12. The van der Waals surface area contributed by atoms with Crippen molar-refractivity contribution >= 4 is 40.0 Å². The Labute approximate surface area is 164 Å². The van der Waals surface area contributed by atoms with Gasteiger partial charge in [0.15, 0.2) is 12.4 Å². The molecule has 2 rings (SSSR count). The normalized spacial score (nSPS) is 12.9. The number of imidazole rings is 1. The van der Waals surface area contributed by atoms with Gasteiger partial charge < -0.3 is 10.1 Å². The lowest BCUT2D eigenvalue weighted by Gasteiger charge is -2.12. The minimum atomic E-state index is -4.52. The van der Waals surface area contributed by atoms with Crippen molar-refractivity contribution in [2.24, 2.45) is 0 Å². The first-order chi connectivity index (χ1) is 12.4. The standard InChI is InChI=1S/C16H13F5IN3O2/c1-3-10(27-8-15(2,17)18)6-12(26)24-14-13(22)25-7-9(16(19,20)21)4-5-11(25)23-14/h3-7H,1,8H2,2H3,(H,24,26)/b10-6+. The van der Waals surface area contributed by atoms with Crippen LogP contribution < -0.4 is 5.32 Å². The fraction of sp³-hybridized carbons (Fsp3) is 0.250. The summed E-state index contributed by atoms with van der Waals surface area (Å²) in [6.07, 6.45) is -1.70. The molecule has 2 heterocycles. The summed E-state index contributed by atoms with van der Waals surface area (Å²) >= 11 is 1.73. The lowest BCUT2D eigenvalue weighted by atomic mass is 10.3. The van der Waals surface area contributed by atoms with E-state index >= 15 is 0 Å². The zero-order chi connectivity index (χ0) is 20.4. The van der Waals surface area contributed by atoms with Gasteiger partial charge >= 0.3 is 6.18 Å². The number of alkyl halides is 5. The third-order valence-corrected chi connectivity index (χ3v) is 4.13. The molecule has 0 saturated carbocycles. The number of carbonyl (C=O) groups excluding carboxylic acids is 1. The summed E-state index contributed by atoms with van der Waals surface area (Å²) in [5.41, 5.74) is -0.677. The maximum Gasteiger partial charge on any atom is 0.417 e. The molecule has 1 N–H and O–H groups in total. The van der Waals surface area contributed by atoms with E-state index in [0.717, 1.165) is 30.5 Å². The second-order valence-electron chi connectivity index (χ2n) is 5.49. The van der Waals surface area contributed by atoms with Gasteiger partial charge in [0.1, 0.15) is 15.1 Å². The van der Waals surface area contributed by atoms with Gasteiger partial charge in [0.2, 0.25) is 0 Å². The van der Waals surface area contributed by atoms with Gasteiger partial charge in [-0.05, 0) is 40.8 Å². The van der Waals surface area contributed by atoms with E-state index in [1.54, 1.807) is 22.6 Å². The minimum absolute atomic E-state index is 0.0143. The van der Waals surface area contributed by atoms with E-state index in [9.17, 15) is 26.7 Å². The molecule has 2 aromatic heterocycles. The van der Waals surface area contributed by atoms with E-state index in [1.165, 1.54) is 4.40 Å². The number of carbonyl (C=O) groups is 1. The molecule has 0 unspecified atom stereocenters. The molecule has 0 bridgehead atoms. The van der Waals surface area contributed by atoms with Crippen molar-refractivity contribution in [3.63, 3.8) is 0 Å². The second kappa shape index (κ2) is 7.82. The highest BCUT2D eigenvalue weighted by Crippen LogP contribution is 2.30. The quantitative estimate of drug-likeness (QED) is 0.207. The number of ether oxygens (including phenoxy) is 1. The Bertz CT molecular complexity index is 900. The fourth-order valence-corrected chi connectivity index (χ4v) is 2.56. The van der Waals surface area contributed by atoms with Crippen molar-refractivity contribution in [2.75, 3.05) is 11.9 Å². The van der Waals surface area contributed by atoms with Gasteiger partial charge in [-0.1, -0.05) is 6.58 Å². The highest BCUT2D eigenvalue weighted by Gasteiger charge is 2.31. The lowest BCUT2D eigenvalue weighted by Crippen LogP contribution is -2.19. The molecular formula is C16H13F5IN3O2. The van der Waals surface area contributed by atoms with Crippen molar-refractivity contribution < 1.29 is 31.5 Å². The first-order valence-electron chi connectivity index (χ1n) is 7.31. The fourth-order valence-electron chi connectivity index (χ4n) is 1.91. The Morgan fingerprint density at radius 2 is 2.04 bits per heavy atom. The van der Waals surface area contributed by atoms with Crippen molar-refractivity contribution in [3.05, 3.63) is 52.1 Å². The average Bonchev–Trinajstić information content (AvgIpc) is 2.85. The smallest absolute Gasteiger partial charge is 0.417 e. The summed E-state index contributed by atoms with van der Waals surface area (Å²) in [5, 5.41) is 2.37. The molecule has 0 aliphatic rings. The molecule has 27 heavy (non-hydrogen) atoms. The van der Waals surface area contributed by atoms with E-state index in [0.29, 0.717) is 6.92 Å². The first-order valence-corrected chi connectivity index (χ1v) is 8.39. The number of nitrogens with zero attached hydrogens (tertiary/aromatic N) is 2. The van der Waals surface area contributed by atoms with Crippen LogP contribution in [-0.2, 0) is 15.7 Å². The number of amides is 1. The Hall–Kier alpha value is -2.18. The van der Waals surface area contributed by atoms with Crippen LogP contribution in [0.1, 0.15) is 12.5 Å². The van der Waals surface area contributed by atoms with Crippen LogP contribution in [0.25, 0.3) is 5.65 Å². The average molecular weight is 501 g/mol. The number of allylic oxidation sites excluding steroid dienone is 1. The predicted molar refractivity (Wildman–Crippen MR) is 96.4 cm³/mol. The summed E-state index contributed by atoms with van der Waals surface area (Å²) in [4.78, 5) is 16.1. The molecule has 11 heteroatoms. The van der Waals surface area contributed by atoms with Crippen LogP contribution in [0.5, 0.6) is 0 Å². The predicted octanol–water partition coefficient (Wildman–Crippen LogP) is 4.64. The molecule has 146 valence electrons. The number of anilines is 1. The number of pyridine rings is 1. The highest BCUT2D eigenvalue weighted by atomic mass is 127. The van der Waals surface area contributed by atoms with Gasteiger partial charge in [-0.15, -0.1) is 0 Å². The summed E-state index contributed by atoms with van der Waals surface area (Å²) in [6.45, 7) is 3.08. The maximum atomic E-state index is 12.8. The van der Waals surface area contributed by atoms with Gasteiger partial charge in [0, 0.05) is 19.2 Å². The third-order valence-electron chi connectivity index (χ3n) is 3.10. The highest BCUT2D eigenvalue weighted by molar-refractivity contribution is 14.1. The van der Waals surface area contributed by atoms with E-state index < -0.39 is 30.2 Å². The second-order valence-corrected chi connectivity index (χ2v) is 6.52. The molecule has 0 atom stereocenters. The summed E-state index contributed by atoms with van der Waals surface area (Å²) in [5.74, 6) is -4.03. The summed E-state index contributed by atoms with van der Waals surface area (Å²) in [6, 6.07) is 2.04. The Morgan fingerprint density at radius 1 is 1.37 bits per heavy atom. The SMILES string of the molecule is C=C/C(=C\C(=O)Nc1nc2ccc(C(F)(F)F)cn2c1I)OCC(C)(F)F. The molecule has 0 fully saturated rings. The van der Waals surface area contributed by atoms with Crippen molar-refractivity contribution in [2.45, 2.75) is 19.0 Å². The monoisotopic (exact) mass is 501 g/mol. The molecule has 5 nitrogen and oxygen atoms in total.